The summed E-state index contributed by atoms with van der Waals surface area (Å²) in [5.74, 6) is -0.970. The molecule has 1 fully saturated rings. The fraction of sp³-hybridized carbons (Fsp3) is 0.211. The maximum Gasteiger partial charge on any atom is 0.266 e. The Kier molecular flexibility index (Phi) is 6.17. The van der Waals surface area contributed by atoms with Crippen molar-refractivity contribution in [3.05, 3.63) is 64.4 Å². The second kappa shape index (κ2) is 8.42. The van der Waals surface area contributed by atoms with Gasteiger partial charge in [-0.1, -0.05) is 66.5 Å². The number of hydrogen-bond donors (Lipinski definition) is 1. The van der Waals surface area contributed by atoms with Crippen LogP contribution < -0.4 is 5.32 Å². The summed E-state index contributed by atoms with van der Waals surface area (Å²) in [5, 5.41) is 3.72. The molecule has 1 saturated heterocycles. The third-order valence-corrected chi connectivity index (χ3v) is 6.93. The van der Waals surface area contributed by atoms with Crippen molar-refractivity contribution in [1.29, 1.82) is 0 Å². The lowest BCUT2D eigenvalue weighted by Gasteiger charge is -2.23. The van der Waals surface area contributed by atoms with Crippen LogP contribution in [-0.4, -0.2) is 47.3 Å². The number of allylic oxidation sites excluding steroid dienone is 2. The molecule has 146 valence electrons. The first-order chi connectivity index (χ1) is 13.3. The average molecular weight is 435 g/mol. The molecule has 2 amide bonds. The zero-order valence-corrected chi connectivity index (χ0v) is 17.4. The fourth-order valence-electron chi connectivity index (χ4n) is 2.72. The molecule has 0 saturated carbocycles. The van der Waals surface area contributed by atoms with Gasteiger partial charge in [-0.2, -0.15) is 0 Å². The zero-order valence-electron chi connectivity index (χ0n) is 14.9. The van der Waals surface area contributed by atoms with E-state index in [1.165, 1.54) is 11.0 Å². The van der Waals surface area contributed by atoms with E-state index in [-0.39, 0.29) is 11.7 Å². The zero-order chi connectivity index (χ0) is 20.3. The van der Waals surface area contributed by atoms with Crippen LogP contribution in [0.2, 0.25) is 0 Å². The third kappa shape index (κ3) is 4.78. The smallest absolute Gasteiger partial charge is 0.266 e. The number of amides is 2. The molecule has 0 unspecified atom stereocenters. The Morgan fingerprint density at radius 1 is 1.36 bits per heavy atom. The largest absolute Gasteiger partial charge is 0.347 e. The lowest BCUT2D eigenvalue weighted by Crippen LogP contribution is -2.49. The maximum absolute atomic E-state index is 12.7. The summed E-state index contributed by atoms with van der Waals surface area (Å²) in [7, 11) is -3.27. The van der Waals surface area contributed by atoms with Gasteiger partial charge in [0.05, 0.1) is 16.7 Å². The lowest BCUT2D eigenvalue weighted by atomic mass is 10.2. The second-order valence-corrected chi connectivity index (χ2v) is 9.90. The van der Waals surface area contributed by atoms with Crippen LogP contribution in [0.25, 0.3) is 6.08 Å². The number of nitrogens with one attached hydrogen (secondary N) is 1. The van der Waals surface area contributed by atoms with Crippen LogP contribution in [0.3, 0.4) is 0 Å². The normalized spacial score (nSPS) is 23.7. The van der Waals surface area contributed by atoms with E-state index in [2.05, 4.69) is 5.32 Å². The number of nitrogens with zero attached hydrogens (tertiary/aromatic N) is 1. The molecule has 1 N–H and O–H groups in total. The Labute approximate surface area is 173 Å². The number of carbonyl (C=O) groups is 2. The van der Waals surface area contributed by atoms with Crippen LogP contribution in [-0.2, 0) is 19.4 Å². The first-order valence-electron chi connectivity index (χ1n) is 8.47. The van der Waals surface area contributed by atoms with Crippen molar-refractivity contribution in [3.63, 3.8) is 0 Å². The Balaban J connectivity index is 1.65. The van der Waals surface area contributed by atoms with Crippen LogP contribution in [0, 0.1) is 0 Å². The molecule has 0 spiro atoms. The van der Waals surface area contributed by atoms with E-state index in [1.54, 1.807) is 19.1 Å². The Bertz CT molecular complexity index is 997. The van der Waals surface area contributed by atoms with Gasteiger partial charge in [0.25, 0.3) is 5.91 Å². The molecule has 2 aliphatic heterocycles. The fourth-order valence-corrected chi connectivity index (χ4v) is 5.33. The molecule has 28 heavy (non-hydrogen) atoms. The third-order valence-electron chi connectivity index (χ3n) is 4.18. The summed E-state index contributed by atoms with van der Waals surface area (Å²) in [6.45, 7) is 1.57. The molecule has 1 aromatic rings. The molecule has 2 atom stereocenters. The predicted molar refractivity (Wildman–Crippen MR) is 115 cm³/mol. The molecule has 0 radical (unpaired) electrons. The van der Waals surface area contributed by atoms with Gasteiger partial charge in [-0.15, -0.1) is 0 Å². The van der Waals surface area contributed by atoms with Gasteiger partial charge in [0.15, 0.2) is 9.84 Å². The quantitative estimate of drug-likeness (QED) is 0.565. The van der Waals surface area contributed by atoms with Gasteiger partial charge in [-0.3, -0.25) is 14.5 Å². The molecule has 0 bridgehead atoms. The van der Waals surface area contributed by atoms with Crippen LogP contribution >= 0.6 is 24.0 Å². The van der Waals surface area contributed by atoms with Gasteiger partial charge in [0.2, 0.25) is 5.91 Å². The number of carbonyl (C=O) groups excluding carboxylic acids is 2. The molecule has 0 aromatic heterocycles. The van der Waals surface area contributed by atoms with Crippen molar-refractivity contribution < 1.29 is 18.0 Å². The molecule has 2 aliphatic rings. The molecular weight excluding hydrogens is 416 g/mol. The van der Waals surface area contributed by atoms with Crippen molar-refractivity contribution in [3.8, 4) is 0 Å². The van der Waals surface area contributed by atoms with Gasteiger partial charge < -0.3 is 5.32 Å². The Morgan fingerprint density at radius 3 is 2.71 bits per heavy atom. The van der Waals surface area contributed by atoms with Crippen molar-refractivity contribution in [2.75, 3.05) is 5.75 Å². The van der Waals surface area contributed by atoms with Gasteiger partial charge in [-0.05, 0) is 24.6 Å². The van der Waals surface area contributed by atoms with Gasteiger partial charge in [0, 0.05) is 5.41 Å². The number of thiocarbonyl (C=S) groups is 1. The number of thioether (sulfide) groups is 1. The number of sulfone groups is 1. The van der Waals surface area contributed by atoms with Crippen LogP contribution in [0.1, 0.15) is 12.5 Å². The minimum atomic E-state index is -3.27. The standard InChI is InChI=1S/C19H18N2O4S3/c1-13(17(22)20-15-10-11-28(24,25)12-15)21-18(23)16(27-19(21)26)9-5-8-14-6-3-2-4-7-14/h2-11,13,15H,12H2,1H3,(H,20,22)/b8-5+,16-9-/t13-,15+/m1/s1. The van der Waals surface area contributed by atoms with E-state index in [1.807, 2.05) is 36.4 Å². The SMILES string of the molecule is C[C@H](C(=O)N[C@H]1C=CS(=O)(=O)C1)N1C(=O)/C(=C/C=C/c2ccccc2)SC1=S. The summed E-state index contributed by atoms with van der Waals surface area (Å²) in [6.07, 6.45) is 6.73. The molecule has 2 heterocycles. The first-order valence-corrected chi connectivity index (χ1v) is 11.4. The monoisotopic (exact) mass is 434 g/mol. The molecule has 3 rings (SSSR count). The van der Waals surface area contributed by atoms with Crippen LogP contribution in [0.4, 0.5) is 0 Å². The van der Waals surface area contributed by atoms with Crippen LogP contribution in [0.15, 0.2) is 58.9 Å². The van der Waals surface area contributed by atoms with Crippen molar-refractivity contribution in [2.45, 2.75) is 19.0 Å². The minimum Gasteiger partial charge on any atom is -0.347 e. The van der Waals surface area contributed by atoms with E-state index >= 15 is 0 Å². The number of hydrogen-bond acceptors (Lipinski definition) is 6. The summed E-state index contributed by atoms with van der Waals surface area (Å²) >= 11 is 6.40. The van der Waals surface area contributed by atoms with Gasteiger partial charge in [0.1, 0.15) is 10.4 Å². The minimum absolute atomic E-state index is 0.173. The van der Waals surface area contributed by atoms with E-state index in [0.29, 0.717) is 9.23 Å². The maximum atomic E-state index is 12.7. The van der Waals surface area contributed by atoms with Crippen LogP contribution in [0.5, 0.6) is 0 Å². The van der Waals surface area contributed by atoms with Crippen molar-refractivity contribution in [1.82, 2.24) is 10.2 Å². The molecule has 1 aromatic carbocycles. The number of rotatable bonds is 5. The van der Waals surface area contributed by atoms with Gasteiger partial charge in [-0.25, -0.2) is 8.42 Å². The summed E-state index contributed by atoms with van der Waals surface area (Å²) < 4.78 is 23.2. The Hall–Kier alpha value is -2.23. The van der Waals surface area contributed by atoms with Gasteiger partial charge >= 0.3 is 0 Å². The lowest BCUT2D eigenvalue weighted by molar-refractivity contribution is -0.132. The number of benzene rings is 1. The average Bonchev–Trinajstić information content (AvgIpc) is 3.13. The predicted octanol–water partition coefficient (Wildman–Crippen LogP) is 2.26. The molecule has 9 heteroatoms. The first kappa shape index (κ1) is 20.5. The van der Waals surface area contributed by atoms with E-state index in [0.717, 1.165) is 22.7 Å². The summed E-state index contributed by atoms with van der Waals surface area (Å²) in [5.41, 5.74) is 1.00. The summed E-state index contributed by atoms with van der Waals surface area (Å²) in [4.78, 5) is 26.8. The van der Waals surface area contributed by atoms with E-state index < -0.39 is 27.8 Å². The Morgan fingerprint density at radius 2 is 2.07 bits per heavy atom. The molecule has 6 nitrogen and oxygen atoms in total. The highest BCUT2D eigenvalue weighted by Crippen LogP contribution is 2.32. The molecule has 0 aliphatic carbocycles. The highest BCUT2D eigenvalue weighted by atomic mass is 32.2. The summed E-state index contributed by atoms with van der Waals surface area (Å²) in [6, 6.07) is 8.22. The van der Waals surface area contributed by atoms with Crippen molar-refractivity contribution in [2.24, 2.45) is 0 Å². The topological polar surface area (TPSA) is 83.6 Å². The van der Waals surface area contributed by atoms with E-state index in [4.69, 9.17) is 12.2 Å². The van der Waals surface area contributed by atoms with Crippen molar-refractivity contribution >= 4 is 56.0 Å². The van der Waals surface area contributed by atoms with E-state index in [9.17, 15) is 18.0 Å². The molecular formula is C19H18N2O4S3. The highest BCUT2D eigenvalue weighted by Gasteiger charge is 2.38. The highest BCUT2D eigenvalue weighted by molar-refractivity contribution is 8.26. The second-order valence-electron chi connectivity index (χ2n) is 6.29.